The van der Waals surface area contributed by atoms with Crippen LogP contribution in [0.25, 0.3) is 16.7 Å². The number of carbonyl (C=O) groups excluding carboxylic acids is 1. The van der Waals surface area contributed by atoms with E-state index in [1.54, 1.807) is 48.5 Å². The molecular formula is C20H13Cl3N4O2. The van der Waals surface area contributed by atoms with Gasteiger partial charge in [0.25, 0.3) is 5.91 Å². The van der Waals surface area contributed by atoms with E-state index in [4.69, 9.17) is 39.5 Å². The predicted octanol–water partition coefficient (Wildman–Crippen LogP) is 5.40. The Morgan fingerprint density at radius 2 is 1.72 bits per heavy atom. The zero-order valence-electron chi connectivity index (χ0n) is 14.8. The van der Waals surface area contributed by atoms with E-state index in [0.717, 1.165) is 5.69 Å². The number of aromatic nitrogens is 3. The molecule has 0 atom stereocenters. The summed E-state index contributed by atoms with van der Waals surface area (Å²) in [5.74, 6) is 0.0451. The highest BCUT2D eigenvalue weighted by Crippen LogP contribution is 2.27. The second kappa shape index (κ2) is 8.29. The molecule has 146 valence electrons. The fourth-order valence-electron chi connectivity index (χ4n) is 2.64. The molecule has 4 rings (SSSR count). The minimum atomic E-state index is -0.336. The van der Waals surface area contributed by atoms with Crippen molar-refractivity contribution in [2.75, 3.05) is 11.9 Å². The molecule has 0 spiro atoms. The molecule has 1 aromatic heterocycles. The first-order valence-corrected chi connectivity index (χ1v) is 9.62. The molecule has 0 aliphatic rings. The van der Waals surface area contributed by atoms with E-state index in [2.05, 4.69) is 15.5 Å². The summed E-state index contributed by atoms with van der Waals surface area (Å²) < 4.78 is 5.44. The number of benzene rings is 3. The van der Waals surface area contributed by atoms with Crippen LogP contribution in [0.3, 0.4) is 0 Å². The molecule has 6 nitrogen and oxygen atoms in total. The van der Waals surface area contributed by atoms with Crippen LogP contribution in [0.15, 0.2) is 60.7 Å². The molecule has 0 aliphatic carbocycles. The van der Waals surface area contributed by atoms with E-state index in [0.29, 0.717) is 37.5 Å². The Balaban J connectivity index is 1.46. The minimum absolute atomic E-state index is 0.200. The van der Waals surface area contributed by atoms with E-state index < -0.39 is 0 Å². The topological polar surface area (TPSA) is 69.0 Å². The van der Waals surface area contributed by atoms with Gasteiger partial charge in [-0.15, -0.1) is 10.2 Å². The van der Waals surface area contributed by atoms with Gasteiger partial charge in [0.1, 0.15) is 16.8 Å². The molecule has 0 radical (unpaired) electrons. The molecule has 4 aromatic rings. The van der Waals surface area contributed by atoms with Crippen LogP contribution in [0.4, 0.5) is 5.69 Å². The monoisotopic (exact) mass is 446 g/mol. The molecule has 0 saturated carbocycles. The van der Waals surface area contributed by atoms with Crippen LogP contribution in [-0.2, 0) is 4.79 Å². The largest absolute Gasteiger partial charge is 0.482 e. The molecular weight excluding hydrogens is 435 g/mol. The van der Waals surface area contributed by atoms with Crippen LogP contribution in [0.2, 0.25) is 15.1 Å². The second-order valence-electron chi connectivity index (χ2n) is 6.08. The Morgan fingerprint density at radius 3 is 2.52 bits per heavy atom. The quantitative estimate of drug-likeness (QED) is 0.445. The Morgan fingerprint density at radius 1 is 0.931 bits per heavy atom. The third-order valence-corrected chi connectivity index (χ3v) is 4.72. The van der Waals surface area contributed by atoms with Gasteiger partial charge < -0.3 is 10.1 Å². The summed E-state index contributed by atoms with van der Waals surface area (Å²) in [4.78, 5) is 13.7. The summed E-state index contributed by atoms with van der Waals surface area (Å²) >= 11 is 17.9. The molecule has 3 aromatic carbocycles. The molecule has 0 unspecified atom stereocenters. The number of hydrogen-bond acceptors (Lipinski definition) is 4. The second-order valence-corrected chi connectivity index (χ2v) is 7.36. The zero-order chi connectivity index (χ0) is 20.4. The maximum Gasteiger partial charge on any atom is 0.262 e. The third kappa shape index (κ3) is 4.62. The lowest BCUT2D eigenvalue weighted by Gasteiger charge is -2.09. The highest BCUT2D eigenvalue weighted by atomic mass is 35.5. The van der Waals surface area contributed by atoms with Crippen molar-refractivity contribution in [2.24, 2.45) is 0 Å². The highest BCUT2D eigenvalue weighted by Gasteiger charge is 2.10. The molecule has 1 heterocycles. The number of fused-ring (bicyclic) bond motifs is 1. The Kier molecular flexibility index (Phi) is 5.58. The molecule has 0 saturated heterocycles. The van der Waals surface area contributed by atoms with Crippen molar-refractivity contribution >= 4 is 57.4 Å². The third-order valence-electron chi connectivity index (χ3n) is 3.96. The van der Waals surface area contributed by atoms with E-state index >= 15 is 0 Å². The maximum absolute atomic E-state index is 12.2. The normalized spacial score (nSPS) is 10.9. The summed E-state index contributed by atoms with van der Waals surface area (Å²) in [7, 11) is 0. The van der Waals surface area contributed by atoms with Crippen LogP contribution in [0, 0.1) is 0 Å². The lowest BCUT2D eigenvalue weighted by atomic mass is 10.3. The highest BCUT2D eigenvalue weighted by molar-refractivity contribution is 6.35. The number of ether oxygens (including phenoxy) is 1. The van der Waals surface area contributed by atoms with Gasteiger partial charge in [0, 0.05) is 15.7 Å². The first-order chi connectivity index (χ1) is 14.0. The van der Waals surface area contributed by atoms with Crippen molar-refractivity contribution in [1.82, 2.24) is 15.0 Å². The smallest absolute Gasteiger partial charge is 0.262 e. The average Bonchev–Trinajstić information content (AvgIpc) is 3.11. The van der Waals surface area contributed by atoms with E-state index in [9.17, 15) is 4.79 Å². The number of amides is 1. The van der Waals surface area contributed by atoms with Gasteiger partial charge in [-0.2, -0.15) is 4.80 Å². The van der Waals surface area contributed by atoms with Crippen LogP contribution < -0.4 is 10.1 Å². The number of rotatable bonds is 5. The SMILES string of the molecule is O=C(COc1ccc(Cl)cc1Cl)Nc1ccc2nn(-c3cccc(Cl)c3)nc2c1. The van der Waals surface area contributed by atoms with Crippen molar-refractivity contribution in [2.45, 2.75) is 0 Å². The van der Waals surface area contributed by atoms with Gasteiger partial charge in [-0.1, -0.05) is 40.9 Å². The van der Waals surface area contributed by atoms with Gasteiger partial charge in [0.05, 0.1) is 10.7 Å². The van der Waals surface area contributed by atoms with Crippen LogP contribution >= 0.6 is 34.8 Å². The Hall–Kier alpha value is -2.80. The van der Waals surface area contributed by atoms with Crippen LogP contribution in [-0.4, -0.2) is 27.5 Å². The molecule has 1 N–H and O–H groups in total. The number of nitrogens with zero attached hydrogens (tertiary/aromatic N) is 3. The first-order valence-electron chi connectivity index (χ1n) is 8.49. The van der Waals surface area contributed by atoms with E-state index in [1.165, 1.54) is 4.80 Å². The van der Waals surface area contributed by atoms with Gasteiger partial charge in [-0.25, -0.2) is 0 Å². The van der Waals surface area contributed by atoms with Gasteiger partial charge in [0.2, 0.25) is 0 Å². The number of carbonyl (C=O) groups is 1. The van der Waals surface area contributed by atoms with Gasteiger partial charge in [0.15, 0.2) is 6.61 Å². The minimum Gasteiger partial charge on any atom is -0.482 e. The van der Waals surface area contributed by atoms with Gasteiger partial charge >= 0.3 is 0 Å². The van der Waals surface area contributed by atoms with E-state index in [1.807, 2.05) is 12.1 Å². The Bertz CT molecular complexity index is 1210. The summed E-state index contributed by atoms with van der Waals surface area (Å²) in [6.07, 6.45) is 0. The van der Waals surface area contributed by atoms with Crippen LogP contribution in [0.5, 0.6) is 5.75 Å². The molecule has 0 aliphatic heterocycles. The molecule has 29 heavy (non-hydrogen) atoms. The number of nitrogens with one attached hydrogen (secondary N) is 1. The molecule has 1 amide bonds. The van der Waals surface area contributed by atoms with Crippen LogP contribution in [0.1, 0.15) is 0 Å². The molecule has 9 heteroatoms. The van der Waals surface area contributed by atoms with Gasteiger partial charge in [-0.05, 0) is 54.6 Å². The number of anilines is 1. The van der Waals surface area contributed by atoms with Crippen molar-refractivity contribution in [3.8, 4) is 11.4 Å². The van der Waals surface area contributed by atoms with Crippen molar-refractivity contribution < 1.29 is 9.53 Å². The first kappa shape index (κ1) is 19.5. The Labute approximate surface area is 180 Å². The maximum atomic E-state index is 12.2. The van der Waals surface area contributed by atoms with Crippen molar-refractivity contribution in [1.29, 1.82) is 0 Å². The summed E-state index contributed by atoms with van der Waals surface area (Å²) in [6.45, 7) is -0.200. The fraction of sp³-hybridized carbons (Fsp3) is 0.0500. The zero-order valence-corrected chi connectivity index (χ0v) is 17.0. The number of hydrogen-bond donors (Lipinski definition) is 1. The summed E-state index contributed by atoms with van der Waals surface area (Å²) in [6, 6.07) is 17.3. The summed E-state index contributed by atoms with van der Waals surface area (Å²) in [5.41, 5.74) is 2.63. The van der Waals surface area contributed by atoms with E-state index in [-0.39, 0.29) is 12.5 Å². The predicted molar refractivity (Wildman–Crippen MR) is 114 cm³/mol. The van der Waals surface area contributed by atoms with Crippen molar-refractivity contribution in [3.05, 3.63) is 75.7 Å². The van der Waals surface area contributed by atoms with Crippen molar-refractivity contribution in [3.63, 3.8) is 0 Å². The fourth-order valence-corrected chi connectivity index (χ4v) is 3.29. The standard InChI is InChI=1S/C20H13Cl3N4O2/c21-12-2-1-3-15(8-12)27-25-17-6-5-14(10-18(17)26-27)24-20(28)11-29-19-7-4-13(22)9-16(19)23/h1-10H,11H2,(H,24,28). The molecule has 0 fully saturated rings. The molecule has 0 bridgehead atoms. The van der Waals surface area contributed by atoms with Gasteiger partial charge in [-0.3, -0.25) is 4.79 Å². The average molecular weight is 448 g/mol. The summed E-state index contributed by atoms with van der Waals surface area (Å²) in [5, 5.41) is 13.0. The lowest BCUT2D eigenvalue weighted by molar-refractivity contribution is -0.118. The number of halogens is 3. The lowest BCUT2D eigenvalue weighted by Crippen LogP contribution is -2.20.